The Bertz CT molecular complexity index is 520. The Hall–Kier alpha value is -1.07. The molecule has 2 fully saturated rings. The van der Waals surface area contributed by atoms with E-state index in [1.54, 1.807) is 0 Å². The number of benzene rings is 1. The molecular weight excluding hydrogens is 318 g/mol. The van der Waals surface area contributed by atoms with Crippen molar-refractivity contribution in [2.24, 2.45) is 5.92 Å². The second kappa shape index (κ2) is 5.74. The third-order valence-electron chi connectivity index (χ3n) is 4.38. The molecule has 4 nitrogen and oxygen atoms in total. The summed E-state index contributed by atoms with van der Waals surface area (Å²) >= 11 is 3.59. The minimum atomic E-state index is 0.223. The first kappa shape index (κ1) is 13.9. The molecular formula is C15H20BrN3O. The molecule has 0 saturated carbocycles. The number of carbonyl (C=O) groups excluding carboxylic acids is 1. The van der Waals surface area contributed by atoms with E-state index in [1.807, 2.05) is 12.1 Å². The van der Waals surface area contributed by atoms with E-state index in [4.69, 9.17) is 5.73 Å². The molecule has 20 heavy (non-hydrogen) atoms. The summed E-state index contributed by atoms with van der Waals surface area (Å²) in [6.45, 7) is 3.05. The first-order valence-corrected chi connectivity index (χ1v) is 7.97. The molecule has 3 N–H and O–H groups in total. The van der Waals surface area contributed by atoms with Gasteiger partial charge in [-0.3, -0.25) is 9.69 Å². The summed E-state index contributed by atoms with van der Waals surface area (Å²) in [5.74, 6) is 0.829. The van der Waals surface area contributed by atoms with Crippen LogP contribution in [-0.4, -0.2) is 29.9 Å². The van der Waals surface area contributed by atoms with E-state index >= 15 is 0 Å². The minimum absolute atomic E-state index is 0.223. The Kier molecular flexibility index (Phi) is 3.98. The molecule has 0 spiro atoms. The van der Waals surface area contributed by atoms with E-state index < -0.39 is 0 Å². The normalized spacial score (nSPS) is 26.9. The number of piperidine rings is 2. The molecule has 2 heterocycles. The fourth-order valence-electron chi connectivity index (χ4n) is 3.26. The second-order valence-corrected chi connectivity index (χ2v) is 6.70. The molecule has 2 aliphatic rings. The summed E-state index contributed by atoms with van der Waals surface area (Å²) in [7, 11) is 0. The van der Waals surface area contributed by atoms with Gasteiger partial charge in [-0.25, -0.2) is 0 Å². The molecule has 1 amide bonds. The standard InChI is InChI=1S/C15H20BrN3O/c16-13-7-12(17)3-1-10(13)8-19-6-5-14-11(9-19)2-4-15(20)18-14/h1,3,7,11,14H,2,4-6,8-9,17H2,(H,18,20). The highest BCUT2D eigenvalue weighted by atomic mass is 79.9. The van der Waals surface area contributed by atoms with Crippen LogP contribution < -0.4 is 11.1 Å². The molecule has 0 aliphatic carbocycles. The Morgan fingerprint density at radius 2 is 2.25 bits per heavy atom. The lowest BCUT2D eigenvalue weighted by Gasteiger charge is -2.41. The molecule has 2 saturated heterocycles. The van der Waals surface area contributed by atoms with E-state index in [0.29, 0.717) is 18.4 Å². The van der Waals surface area contributed by atoms with Crippen molar-refractivity contribution in [1.29, 1.82) is 0 Å². The second-order valence-electron chi connectivity index (χ2n) is 5.85. The zero-order valence-corrected chi connectivity index (χ0v) is 13.0. The Balaban J connectivity index is 1.63. The summed E-state index contributed by atoms with van der Waals surface area (Å²) in [6.07, 6.45) is 2.76. The first-order valence-electron chi connectivity index (χ1n) is 7.17. The monoisotopic (exact) mass is 337 g/mol. The maximum absolute atomic E-state index is 11.4. The van der Waals surface area contributed by atoms with Gasteiger partial charge < -0.3 is 11.1 Å². The van der Waals surface area contributed by atoms with Crippen LogP contribution in [0.2, 0.25) is 0 Å². The van der Waals surface area contributed by atoms with Crippen LogP contribution in [0, 0.1) is 5.92 Å². The number of nitrogens with zero attached hydrogens (tertiary/aromatic N) is 1. The van der Waals surface area contributed by atoms with Gasteiger partial charge in [0.25, 0.3) is 0 Å². The van der Waals surface area contributed by atoms with Gasteiger partial charge in [0, 0.05) is 42.3 Å². The zero-order chi connectivity index (χ0) is 14.1. The quantitative estimate of drug-likeness (QED) is 0.813. The summed E-state index contributed by atoms with van der Waals surface area (Å²) in [5, 5.41) is 3.13. The van der Waals surface area contributed by atoms with Crippen molar-refractivity contribution in [3.05, 3.63) is 28.2 Å². The van der Waals surface area contributed by atoms with Gasteiger partial charge in [0.05, 0.1) is 0 Å². The van der Waals surface area contributed by atoms with Crippen molar-refractivity contribution >= 4 is 27.5 Å². The molecule has 3 rings (SSSR count). The molecule has 1 aromatic carbocycles. The summed E-state index contributed by atoms with van der Waals surface area (Å²) in [4.78, 5) is 13.9. The molecule has 108 valence electrons. The number of carbonyl (C=O) groups is 1. The van der Waals surface area contributed by atoms with E-state index in [-0.39, 0.29) is 5.91 Å². The van der Waals surface area contributed by atoms with Gasteiger partial charge in [-0.1, -0.05) is 22.0 Å². The smallest absolute Gasteiger partial charge is 0.220 e. The lowest BCUT2D eigenvalue weighted by molar-refractivity contribution is -0.125. The number of nitrogens with one attached hydrogen (secondary N) is 1. The number of amides is 1. The van der Waals surface area contributed by atoms with Crippen LogP contribution in [0.15, 0.2) is 22.7 Å². The Morgan fingerprint density at radius 3 is 3.05 bits per heavy atom. The van der Waals surface area contributed by atoms with E-state index in [0.717, 1.165) is 42.6 Å². The lowest BCUT2D eigenvalue weighted by atomic mass is 9.85. The van der Waals surface area contributed by atoms with Gasteiger partial charge in [0.2, 0.25) is 5.91 Å². The van der Waals surface area contributed by atoms with Gasteiger partial charge in [0.1, 0.15) is 0 Å². The van der Waals surface area contributed by atoms with Crippen molar-refractivity contribution in [2.75, 3.05) is 18.8 Å². The van der Waals surface area contributed by atoms with E-state index in [9.17, 15) is 4.79 Å². The third kappa shape index (κ3) is 2.99. The molecule has 5 heteroatoms. The maximum atomic E-state index is 11.4. The van der Waals surface area contributed by atoms with Crippen LogP contribution in [0.3, 0.4) is 0 Å². The summed E-state index contributed by atoms with van der Waals surface area (Å²) in [5.41, 5.74) is 7.84. The van der Waals surface area contributed by atoms with Gasteiger partial charge in [-0.2, -0.15) is 0 Å². The predicted octanol–water partition coefficient (Wildman–Crippen LogP) is 2.13. The highest BCUT2D eigenvalue weighted by Crippen LogP contribution is 2.28. The average Bonchev–Trinajstić information content (AvgIpc) is 2.42. The van der Waals surface area contributed by atoms with Crippen LogP contribution in [-0.2, 0) is 11.3 Å². The SMILES string of the molecule is Nc1ccc(CN2CCC3NC(=O)CCC3C2)c(Br)c1. The lowest BCUT2D eigenvalue weighted by Crippen LogP contribution is -2.53. The summed E-state index contributed by atoms with van der Waals surface area (Å²) in [6, 6.07) is 6.40. The Morgan fingerprint density at radius 1 is 1.40 bits per heavy atom. The van der Waals surface area contributed by atoms with E-state index in [1.165, 1.54) is 5.56 Å². The Labute approximate surface area is 127 Å². The number of fused-ring (bicyclic) bond motifs is 1. The number of anilines is 1. The number of halogens is 1. The van der Waals surface area contributed by atoms with E-state index in [2.05, 4.69) is 32.2 Å². The number of likely N-dealkylation sites (tertiary alicyclic amines) is 1. The highest BCUT2D eigenvalue weighted by molar-refractivity contribution is 9.10. The third-order valence-corrected chi connectivity index (χ3v) is 5.12. The van der Waals surface area contributed by atoms with Crippen LogP contribution in [0.1, 0.15) is 24.8 Å². The van der Waals surface area contributed by atoms with Crippen molar-refractivity contribution in [3.63, 3.8) is 0 Å². The fourth-order valence-corrected chi connectivity index (χ4v) is 3.78. The van der Waals surface area contributed by atoms with Crippen LogP contribution in [0.4, 0.5) is 5.69 Å². The largest absolute Gasteiger partial charge is 0.399 e. The van der Waals surface area contributed by atoms with Crippen LogP contribution in [0.25, 0.3) is 0 Å². The first-order chi connectivity index (χ1) is 9.61. The molecule has 2 atom stereocenters. The van der Waals surface area contributed by atoms with Crippen molar-refractivity contribution in [1.82, 2.24) is 10.2 Å². The van der Waals surface area contributed by atoms with Gasteiger partial charge in [-0.05, 0) is 36.5 Å². The number of hydrogen-bond donors (Lipinski definition) is 2. The number of nitrogen functional groups attached to an aromatic ring is 1. The molecule has 2 unspecified atom stereocenters. The topological polar surface area (TPSA) is 58.4 Å². The minimum Gasteiger partial charge on any atom is -0.399 e. The van der Waals surface area contributed by atoms with Gasteiger partial charge in [-0.15, -0.1) is 0 Å². The fraction of sp³-hybridized carbons (Fsp3) is 0.533. The molecule has 0 radical (unpaired) electrons. The molecule has 2 aliphatic heterocycles. The van der Waals surface area contributed by atoms with Crippen LogP contribution >= 0.6 is 15.9 Å². The summed E-state index contributed by atoms with van der Waals surface area (Å²) < 4.78 is 1.08. The molecule has 0 aromatic heterocycles. The van der Waals surface area contributed by atoms with Crippen molar-refractivity contribution < 1.29 is 4.79 Å². The average molecular weight is 338 g/mol. The van der Waals surface area contributed by atoms with Gasteiger partial charge in [0.15, 0.2) is 0 Å². The predicted molar refractivity (Wildman–Crippen MR) is 83.1 cm³/mol. The highest BCUT2D eigenvalue weighted by Gasteiger charge is 2.33. The van der Waals surface area contributed by atoms with Gasteiger partial charge >= 0.3 is 0 Å². The molecule has 1 aromatic rings. The maximum Gasteiger partial charge on any atom is 0.220 e. The zero-order valence-electron chi connectivity index (χ0n) is 11.4. The van der Waals surface area contributed by atoms with Crippen molar-refractivity contribution in [3.8, 4) is 0 Å². The van der Waals surface area contributed by atoms with Crippen molar-refractivity contribution in [2.45, 2.75) is 31.8 Å². The number of rotatable bonds is 2. The van der Waals surface area contributed by atoms with Crippen LogP contribution in [0.5, 0.6) is 0 Å². The molecule has 0 bridgehead atoms. The number of hydrogen-bond acceptors (Lipinski definition) is 3. The number of nitrogens with two attached hydrogens (primary N) is 1.